The van der Waals surface area contributed by atoms with E-state index in [1.54, 1.807) is 0 Å². The van der Waals surface area contributed by atoms with Crippen LogP contribution >= 0.6 is 11.8 Å². The van der Waals surface area contributed by atoms with Crippen LogP contribution < -0.4 is 5.32 Å². The summed E-state index contributed by atoms with van der Waals surface area (Å²) in [6.07, 6.45) is 6.90. The van der Waals surface area contributed by atoms with Gasteiger partial charge in [0.25, 0.3) is 0 Å². The summed E-state index contributed by atoms with van der Waals surface area (Å²) in [7, 11) is 0. The molecule has 1 aromatic rings. The van der Waals surface area contributed by atoms with E-state index in [9.17, 15) is 4.79 Å². The highest BCUT2D eigenvalue weighted by molar-refractivity contribution is 8.00. The van der Waals surface area contributed by atoms with E-state index in [-0.39, 0.29) is 17.3 Å². The molecule has 3 rings (SSSR count). The fourth-order valence-electron chi connectivity index (χ4n) is 2.92. The number of aryl methyl sites for hydroxylation is 1. The van der Waals surface area contributed by atoms with Gasteiger partial charge in [-0.3, -0.25) is 4.79 Å². The largest absolute Gasteiger partial charge is 0.376 e. The zero-order chi connectivity index (χ0) is 15.4. The summed E-state index contributed by atoms with van der Waals surface area (Å²) in [6.45, 7) is 4.32. The molecule has 1 aromatic heterocycles. The Hall–Kier alpha value is -1.08. The summed E-state index contributed by atoms with van der Waals surface area (Å²) in [5, 5.41) is 12.2. The average Bonchev–Trinajstić information content (AvgIpc) is 3.10. The highest BCUT2D eigenvalue weighted by Gasteiger charge is 2.22. The second-order valence-corrected chi connectivity index (χ2v) is 7.31. The van der Waals surface area contributed by atoms with Gasteiger partial charge in [-0.2, -0.15) is 0 Å². The van der Waals surface area contributed by atoms with E-state index in [0.29, 0.717) is 6.54 Å². The zero-order valence-corrected chi connectivity index (χ0v) is 13.9. The molecule has 2 atom stereocenters. The second-order valence-electron chi connectivity index (χ2n) is 6.00. The van der Waals surface area contributed by atoms with E-state index < -0.39 is 0 Å². The number of thioether (sulfide) groups is 1. The van der Waals surface area contributed by atoms with Crippen LogP contribution in [-0.2, 0) is 22.5 Å². The van der Waals surface area contributed by atoms with Gasteiger partial charge in [-0.05, 0) is 32.6 Å². The first-order valence-corrected chi connectivity index (χ1v) is 9.10. The fraction of sp³-hybridized carbons (Fsp3) is 0.800. The maximum atomic E-state index is 12.2. The van der Waals surface area contributed by atoms with Crippen molar-refractivity contribution in [2.45, 2.75) is 68.5 Å². The highest BCUT2D eigenvalue weighted by atomic mass is 32.2. The summed E-state index contributed by atoms with van der Waals surface area (Å²) < 4.78 is 7.71. The van der Waals surface area contributed by atoms with E-state index in [0.717, 1.165) is 49.8 Å². The Morgan fingerprint density at radius 2 is 2.32 bits per heavy atom. The molecule has 2 aliphatic rings. The Morgan fingerprint density at radius 3 is 3.14 bits per heavy atom. The molecule has 0 bridgehead atoms. The molecule has 0 radical (unpaired) electrons. The minimum atomic E-state index is -0.169. The molecule has 1 fully saturated rings. The van der Waals surface area contributed by atoms with Crippen molar-refractivity contribution >= 4 is 17.7 Å². The smallest absolute Gasteiger partial charge is 0.233 e. The number of nitrogens with zero attached hydrogens (tertiary/aromatic N) is 3. The maximum absolute atomic E-state index is 12.2. The topological polar surface area (TPSA) is 69.0 Å². The molecule has 2 aliphatic heterocycles. The highest BCUT2D eigenvalue weighted by Crippen LogP contribution is 2.25. The molecule has 0 aliphatic carbocycles. The SMILES string of the molecule is C[C@@H](Sc1nnc2n1CCCCC2)C(=O)NC[C@H]1CCCO1. The fourth-order valence-corrected chi connectivity index (χ4v) is 3.84. The molecule has 6 nitrogen and oxygen atoms in total. The summed E-state index contributed by atoms with van der Waals surface area (Å²) >= 11 is 1.50. The average molecular weight is 324 g/mol. The van der Waals surface area contributed by atoms with Gasteiger partial charge in [-0.15, -0.1) is 10.2 Å². The van der Waals surface area contributed by atoms with Crippen LogP contribution in [0.4, 0.5) is 0 Å². The molecule has 0 aromatic carbocycles. The lowest BCUT2D eigenvalue weighted by molar-refractivity contribution is -0.120. The number of hydrogen-bond acceptors (Lipinski definition) is 5. The van der Waals surface area contributed by atoms with Crippen LogP contribution in [0.1, 0.15) is 44.9 Å². The van der Waals surface area contributed by atoms with Crippen LogP contribution in [-0.4, -0.2) is 45.2 Å². The van der Waals surface area contributed by atoms with Crippen molar-refractivity contribution in [2.75, 3.05) is 13.2 Å². The number of rotatable bonds is 5. The first-order valence-electron chi connectivity index (χ1n) is 8.22. The third-order valence-electron chi connectivity index (χ3n) is 4.25. The lowest BCUT2D eigenvalue weighted by atomic mass is 10.2. The predicted octanol–water partition coefficient (Wildman–Crippen LogP) is 1.78. The van der Waals surface area contributed by atoms with Gasteiger partial charge in [0.1, 0.15) is 5.82 Å². The van der Waals surface area contributed by atoms with Crippen molar-refractivity contribution in [1.29, 1.82) is 0 Å². The van der Waals surface area contributed by atoms with Crippen LogP contribution in [0.25, 0.3) is 0 Å². The van der Waals surface area contributed by atoms with Gasteiger partial charge < -0.3 is 14.6 Å². The lowest BCUT2D eigenvalue weighted by Crippen LogP contribution is -2.36. The molecule has 1 amide bonds. The standard InChI is InChI=1S/C15H24N4O2S/c1-11(14(20)16-10-12-6-5-9-21-12)22-15-18-17-13-7-3-2-4-8-19(13)15/h11-12H,2-10H2,1H3,(H,16,20)/t11-,12-/m1/s1. The number of carbonyl (C=O) groups excluding carboxylic acids is 1. The van der Waals surface area contributed by atoms with Gasteiger partial charge in [0, 0.05) is 26.1 Å². The van der Waals surface area contributed by atoms with E-state index in [2.05, 4.69) is 20.1 Å². The molecule has 1 N–H and O–H groups in total. The number of ether oxygens (including phenoxy) is 1. The second kappa shape index (κ2) is 7.46. The third-order valence-corrected chi connectivity index (χ3v) is 5.34. The van der Waals surface area contributed by atoms with E-state index in [4.69, 9.17) is 4.74 Å². The first-order chi connectivity index (χ1) is 10.7. The van der Waals surface area contributed by atoms with E-state index in [1.165, 1.54) is 24.6 Å². The predicted molar refractivity (Wildman–Crippen MR) is 84.9 cm³/mol. The molecule has 7 heteroatoms. The van der Waals surface area contributed by atoms with Crippen molar-refractivity contribution in [3.8, 4) is 0 Å². The number of hydrogen-bond donors (Lipinski definition) is 1. The van der Waals surface area contributed by atoms with E-state index >= 15 is 0 Å². The minimum absolute atomic E-state index is 0.0477. The van der Waals surface area contributed by atoms with Gasteiger partial charge >= 0.3 is 0 Å². The molecule has 3 heterocycles. The third kappa shape index (κ3) is 3.81. The Balaban J connectivity index is 1.53. The van der Waals surface area contributed by atoms with E-state index in [1.807, 2.05) is 6.92 Å². The monoisotopic (exact) mass is 324 g/mol. The van der Waals surface area contributed by atoms with Gasteiger partial charge in [0.15, 0.2) is 5.16 Å². The number of aromatic nitrogens is 3. The van der Waals surface area contributed by atoms with Gasteiger partial charge in [-0.1, -0.05) is 18.2 Å². The van der Waals surface area contributed by atoms with Gasteiger partial charge in [0.2, 0.25) is 5.91 Å². The quantitative estimate of drug-likeness (QED) is 0.836. The Morgan fingerprint density at radius 1 is 1.41 bits per heavy atom. The van der Waals surface area contributed by atoms with Crippen LogP contribution in [0, 0.1) is 0 Å². The first kappa shape index (κ1) is 15.8. The summed E-state index contributed by atoms with van der Waals surface area (Å²) in [5.74, 6) is 1.11. The summed E-state index contributed by atoms with van der Waals surface area (Å²) in [4.78, 5) is 12.2. The van der Waals surface area contributed by atoms with Crippen LogP contribution in [0.5, 0.6) is 0 Å². The zero-order valence-electron chi connectivity index (χ0n) is 13.1. The van der Waals surface area contributed by atoms with Crippen molar-refractivity contribution in [3.05, 3.63) is 5.82 Å². The Bertz CT molecular complexity index is 514. The Kier molecular flexibility index (Phi) is 5.36. The van der Waals surface area contributed by atoms with Crippen LogP contribution in [0.2, 0.25) is 0 Å². The molecule has 22 heavy (non-hydrogen) atoms. The van der Waals surface area contributed by atoms with Crippen molar-refractivity contribution in [1.82, 2.24) is 20.1 Å². The summed E-state index contributed by atoms with van der Waals surface area (Å²) in [5.41, 5.74) is 0. The lowest BCUT2D eigenvalue weighted by Gasteiger charge is -2.15. The normalized spacial score (nSPS) is 22.9. The number of fused-ring (bicyclic) bond motifs is 1. The minimum Gasteiger partial charge on any atom is -0.376 e. The van der Waals surface area contributed by atoms with Gasteiger partial charge in [0.05, 0.1) is 11.4 Å². The maximum Gasteiger partial charge on any atom is 0.233 e. The van der Waals surface area contributed by atoms with Crippen molar-refractivity contribution in [3.63, 3.8) is 0 Å². The van der Waals surface area contributed by atoms with Crippen molar-refractivity contribution in [2.24, 2.45) is 0 Å². The van der Waals surface area contributed by atoms with Gasteiger partial charge in [-0.25, -0.2) is 0 Å². The number of amides is 1. The molecular weight excluding hydrogens is 300 g/mol. The molecule has 122 valence electrons. The molecule has 0 spiro atoms. The number of nitrogens with one attached hydrogen (secondary N) is 1. The van der Waals surface area contributed by atoms with Crippen molar-refractivity contribution < 1.29 is 9.53 Å². The molecular formula is C15H24N4O2S. The number of carbonyl (C=O) groups is 1. The molecule has 0 unspecified atom stereocenters. The molecule has 1 saturated heterocycles. The summed E-state index contributed by atoms with van der Waals surface area (Å²) in [6, 6.07) is 0. The van der Waals surface area contributed by atoms with Crippen LogP contribution in [0.3, 0.4) is 0 Å². The van der Waals surface area contributed by atoms with Crippen LogP contribution in [0.15, 0.2) is 5.16 Å². The molecule has 0 saturated carbocycles. The Labute approximate surface area is 135 Å².